The molecule has 21 heavy (non-hydrogen) atoms. The van der Waals surface area contributed by atoms with E-state index in [0.717, 1.165) is 24.5 Å². The second-order valence-corrected chi connectivity index (χ2v) is 6.97. The molecule has 0 bridgehead atoms. The number of nitrogens with one attached hydrogen (secondary N) is 1. The van der Waals surface area contributed by atoms with Crippen LogP contribution in [-0.2, 0) is 0 Å². The van der Waals surface area contributed by atoms with Crippen LogP contribution in [0.1, 0.15) is 13.3 Å². The van der Waals surface area contributed by atoms with Gasteiger partial charge in [-0.1, -0.05) is 11.3 Å². The van der Waals surface area contributed by atoms with Gasteiger partial charge in [-0.15, -0.1) is 10.2 Å². The number of thioether (sulfide) groups is 1. The Morgan fingerprint density at radius 1 is 1.48 bits per heavy atom. The molecule has 2 aromatic heterocycles. The molecule has 3 heterocycles. The number of amides is 2. The zero-order valence-corrected chi connectivity index (χ0v) is 13.2. The number of nitrogens with zero attached hydrogens (tertiary/aromatic N) is 3. The van der Waals surface area contributed by atoms with E-state index < -0.39 is 0 Å². The van der Waals surface area contributed by atoms with Crippen LogP contribution in [0.3, 0.4) is 0 Å². The first-order valence-corrected chi connectivity index (χ1v) is 8.74. The average Bonchev–Trinajstić information content (AvgIpc) is 3.09. The Morgan fingerprint density at radius 2 is 2.38 bits per heavy atom. The SMILES string of the molecule is CC1CCSCCN1C(=O)Nc1nnc(-c2ccco2)s1. The minimum absolute atomic E-state index is 0.104. The molecule has 0 spiro atoms. The van der Waals surface area contributed by atoms with Crippen LogP contribution in [0, 0.1) is 0 Å². The number of urea groups is 1. The third-order valence-electron chi connectivity index (χ3n) is 3.32. The van der Waals surface area contributed by atoms with Crippen molar-refractivity contribution in [2.45, 2.75) is 19.4 Å². The molecule has 6 nitrogen and oxygen atoms in total. The minimum Gasteiger partial charge on any atom is -0.462 e. The summed E-state index contributed by atoms with van der Waals surface area (Å²) in [5.41, 5.74) is 0. The van der Waals surface area contributed by atoms with Gasteiger partial charge in [0.1, 0.15) is 0 Å². The lowest BCUT2D eigenvalue weighted by Crippen LogP contribution is -2.41. The third-order valence-corrected chi connectivity index (χ3v) is 5.17. The second-order valence-electron chi connectivity index (χ2n) is 4.76. The summed E-state index contributed by atoms with van der Waals surface area (Å²) in [6.07, 6.45) is 2.61. The topological polar surface area (TPSA) is 71.3 Å². The third kappa shape index (κ3) is 3.38. The standard InChI is InChI=1S/C13H16N4O2S2/c1-9-4-7-20-8-5-17(9)13(18)14-12-16-15-11(21-12)10-3-2-6-19-10/h2-3,6,9H,4-5,7-8H2,1H3,(H,14,16,18). The highest BCUT2D eigenvalue weighted by Gasteiger charge is 2.23. The van der Waals surface area contributed by atoms with Crippen molar-refractivity contribution in [1.82, 2.24) is 15.1 Å². The second kappa shape index (κ2) is 6.48. The Morgan fingerprint density at radius 3 is 3.19 bits per heavy atom. The fourth-order valence-corrected chi connectivity index (χ4v) is 3.87. The first-order valence-electron chi connectivity index (χ1n) is 6.77. The van der Waals surface area contributed by atoms with Crippen molar-refractivity contribution in [3.8, 4) is 10.8 Å². The van der Waals surface area contributed by atoms with Gasteiger partial charge in [-0.2, -0.15) is 11.8 Å². The Labute approximate surface area is 130 Å². The van der Waals surface area contributed by atoms with E-state index in [1.54, 1.807) is 12.3 Å². The highest BCUT2D eigenvalue weighted by atomic mass is 32.2. The highest BCUT2D eigenvalue weighted by molar-refractivity contribution is 7.99. The van der Waals surface area contributed by atoms with Crippen LogP contribution in [0.2, 0.25) is 0 Å². The molecule has 112 valence electrons. The molecule has 2 amide bonds. The van der Waals surface area contributed by atoms with E-state index in [1.165, 1.54) is 11.3 Å². The van der Waals surface area contributed by atoms with Crippen molar-refractivity contribution in [2.24, 2.45) is 0 Å². The lowest BCUT2D eigenvalue weighted by Gasteiger charge is -2.26. The van der Waals surface area contributed by atoms with Crippen molar-refractivity contribution in [3.63, 3.8) is 0 Å². The Hall–Kier alpha value is -1.54. The first kappa shape index (κ1) is 14.4. The number of anilines is 1. The van der Waals surface area contributed by atoms with Gasteiger partial charge in [-0.25, -0.2) is 4.79 Å². The Balaban J connectivity index is 1.67. The van der Waals surface area contributed by atoms with E-state index in [9.17, 15) is 4.79 Å². The van der Waals surface area contributed by atoms with E-state index in [0.29, 0.717) is 15.9 Å². The van der Waals surface area contributed by atoms with Gasteiger partial charge in [0.15, 0.2) is 10.8 Å². The molecule has 1 saturated heterocycles. The smallest absolute Gasteiger partial charge is 0.323 e. The molecule has 2 aromatic rings. The highest BCUT2D eigenvalue weighted by Crippen LogP contribution is 2.27. The van der Waals surface area contributed by atoms with Crippen LogP contribution >= 0.6 is 23.1 Å². The zero-order valence-electron chi connectivity index (χ0n) is 11.6. The lowest BCUT2D eigenvalue weighted by atomic mass is 10.2. The van der Waals surface area contributed by atoms with Gasteiger partial charge in [-0.3, -0.25) is 5.32 Å². The summed E-state index contributed by atoms with van der Waals surface area (Å²) in [7, 11) is 0. The van der Waals surface area contributed by atoms with Crippen LogP contribution in [0.25, 0.3) is 10.8 Å². The summed E-state index contributed by atoms with van der Waals surface area (Å²) in [4.78, 5) is 14.2. The van der Waals surface area contributed by atoms with Crippen molar-refractivity contribution >= 4 is 34.3 Å². The Kier molecular flexibility index (Phi) is 4.45. The molecule has 0 aliphatic carbocycles. The largest absolute Gasteiger partial charge is 0.462 e. The number of furan rings is 1. The molecule has 0 saturated carbocycles. The summed E-state index contributed by atoms with van der Waals surface area (Å²) in [6, 6.07) is 3.76. The molecule has 0 radical (unpaired) electrons. The van der Waals surface area contributed by atoms with Crippen molar-refractivity contribution in [1.29, 1.82) is 0 Å². The van der Waals surface area contributed by atoms with Gasteiger partial charge in [0.2, 0.25) is 5.13 Å². The van der Waals surface area contributed by atoms with Gasteiger partial charge in [0.25, 0.3) is 0 Å². The quantitative estimate of drug-likeness (QED) is 0.919. The number of carbonyl (C=O) groups excluding carboxylic acids is 1. The maximum absolute atomic E-state index is 12.3. The van der Waals surface area contributed by atoms with E-state index in [4.69, 9.17) is 4.42 Å². The predicted octanol–water partition coefficient (Wildman–Crippen LogP) is 3.16. The van der Waals surface area contributed by atoms with Gasteiger partial charge >= 0.3 is 6.03 Å². The molecule has 1 unspecified atom stereocenters. The van der Waals surface area contributed by atoms with Crippen LogP contribution in [-0.4, -0.2) is 45.2 Å². The normalized spacial score (nSPS) is 19.3. The fourth-order valence-electron chi connectivity index (χ4n) is 2.13. The van der Waals surface area contributed by atoms with E-state index in [-0.39, 0.29) is 12.1 Å². The summed E-state index contributed by atoms with van der Waals surface area (Å²) in [6.45, 7) is 2.85. The molecular weight excluding hydrogens is 308 g/mol. The number of hydrogen-bond acceptors (Lipinski definition) is 6. The lowest BCUT2D eigenvalue weighted by molar-refractivity contribution is 0.197. The van der Waals surface area contributed by atoms with Crippen LogP contribution in [0.15, 0.2) is 22.8 Å². The molecule has 1 aliphatic heterocycles. The monoisotopic (exact) mass is 324 g/mol. The van der Waals surface area contributed by atoms with Crippen molar-refractivity contribution in [3.05, 3.63) is 18.4 Å². The van der Waals surface area contributed by atoms with E-state index in [2.05, 4.69) is 22.4 Å². The fraction of sp³-hybridized carbons (Fsp3) is 0.462. The molecule has 1 N–H and O–H groups in total. The Bertz CT molecular complexity index is 599. The molecular formula is C13H16N4O2S2. The van der Waals surface area contributed by atoms with Crippen LogP contribution in [0.5, 0.6) is 0 Å². The summed E-state index contributed by atoms with van der Waals surface area (Å²) in [5.74, 6) is 2.74. The zero-order chi connectivity index (χ0) is 14.7. The molecule has 8 heteroatoms. The minimum atomic E-state index is -0.104. The van der Waals surface area contributed by atoms with Gasteiger partial charge in [0, 0.05) is 18.3 Å². The molecule has 1 fully saturated rings. The summed E-state index contributed by atoms with van der Waals surface area (Å²) >= 11 is 3.20. The van der Waals surface area contributed by atoms with Crippen molar-refractivity contribution < 1.29 is 9.21 Å². The molecule has 3 rings (SSSR count). The van der Waals surface area contributed by atoms with E-state index >= 15 is 0 Å². The predicted molar refractivity (Wildman–Crippen MR) is 84.7 cm³/mol. The number of carbonyl (C=O) groups is 1. The summed E-state index contributed by atoms with van der Waals surface area (Å²) < 4.78 is 5.27. The van der Waals surface area contributed by atoms with Gasteiger partial charge in [0.05, 0.1) is 6.26 Å². The molecule has 0 aromatic carbocycles. The van der Waals surface area contributed by atoms with Crippen LogP contribution in [0.4, 0.5) is 9.93 Å². The molecule has 1 aliphatic rings. The van der Waals surface area contributed by atoms with E-state index in [1.807, 2.05) is 22.7 Å². The maximum Gasteiger partial charge on any atom is 0.323 e. The number of rotatable bonds is 2. The van der Waals surface area contributed by atoms with Gasteiger partial charge in [-0.05, 0) is 31.2 Å². The van der Waals surface area contributed by atoms with Crippen molar-refractivity contribution in [2.75, 3.05) is 23.4 Å². The molecule has 1 atom stereocenters. The first-order chi connectivity index (χ1) is 10.2. The number of aromatic nitrogens is 2. The van der Waals surface area contributed by atoms with Gasteiger partial charge < -0.3 is 9.32 Å². The number of hydrogen-bond donors (Lipinski definition) is 1. The van der Waals surface area contributed by atoms with Crippen LogP contribution < -0.4 is 5.32 Å². The summed E-state index contributed by atoms with van der Waals surface area (Å²) in [5, 5.41) is 12.0. The average molecular weight is 324 g/mol. The maximum atomic E-state index is 12.3.